The smallest absolute Gasteiger partial charge is 0.242 e. The molecule has 2 nitrogen and oxygen atoms in total. The van der Waals surface area contributed by atoms with Crippen molar-refractivity contribution in [3.05, 3.63) is 82.5 Å². The third kappa shape index (κ3) is 6.63. The molecule has 1 aliphatic carbocycles. The highest BCUT2D eigenvalue weighted by atomic mass is 28.4. The molecule has 1 aliphatic rings. The van der Waals surface area contributed by atoms with E-state index >= 15 is 0 Å². The molecule has 0 N–H and O–H groups in total. The fourth-order valence-electron chi connectivity index (χ4n) is 4.76. The molecule has 0 heterocycles. The van der Waals surface area contributed by atoms with Gasteiger partial charge in [0.2, 0.25) is 8.32 Å². The van der Waals surface area contributed by atoms with Crippen molar-refractivity contribution in [2.24, 2.45) is 5.92 Å². The van der Waals surface area contributed by atoms with E-state index in [1.807, 2.05) is 0 Å². The Kier molecular flexibility index (Phi) is 8.28. The molecular weight excluding hydrogens is 420 g/mol. The first kappa shape index (κ1) is 25.4. The van der Waals surface area contributed by atoms with Gasteiger partial charge in [0.15, 0.2) is 5.75 Å². The van der Waals surface area contributed by atoms with Gasteiger partial charge >= 0.3 is 0 Å². The van der Waals surface area contributed by atoms with Crippen molar-refractivity contribution in [1.29, 1.82) is 0 Å². The molecular formula is C30H42O2Si. The van der Waals surface area contributed by atoms with E-state index in [9.17, 15) is 0 Å². The van der Waals surface area contributed by atoms with Crippen LogP contribution >= 0.6 is 0 Å². The first-order valence-corrected chi connectivity index (χ1v) is 15.8. The SMILES string of the molecule is CC(C)=C/C=C/[C@@H](C)C1CC[C@H](C)c2c1cc(C)c(O[Si](C)(C)C)c2OCc1ccccc1. The summed E-state index contributed by atoms with van der Waals surface area (Å²) < 4.78 is 13.3. The first-order valence-electron chi connectivity index (χ1n) is 12.4. The summed E-state index contributed by atoms with van der Waals surface area (Å²) in [6, 6.07) is 12.8. The van der Waals surface area contributed by atoms with E-state index < -0.39 is 8.32 Å². The summed E-state index contributed by atoms with van der Waals surface area (Å²) in [6.45, 7) is 18.5. The third-order valence-corrected chi connectivity index (χ3v) is 7.22. The molecule has 178 valence electrons. The molecule has 0 spiro atoms. The molecule has 0 fully saturated rings. The minimum absolute atomic E-state index is 0.459. The first-order chi connectivity index (χ1) is 15.6. The average Bonchev–Trinajstić information content (AvgIpc) is 2.73. The van der Waals surface area contributed by atoms with Crippen molar-refractivity contribution in [3.8, 4) is 11.5 Å². The monoisotopic (exact) mass is 462 g/mol. The van der Waals surface area contributed by atoms with Gasteiger partial charge in [-0.3, -0.25) is 0 Å². The Morgan fingerprint density at radius 2 is 1.79 bits per heavy atom. The van der Waals surface area contributed by atoms with Gasteiger partial charge in [-0.15, -0.1) is 0 Å². The van der Waals surface area contributed by atoms with Gasteiger partial charge in [-0.2, -0.15) is 0 Å². The van der Waals surface area contributed by atoms with Crippen molar-refractivity contribution >= 4 is 8.32 Å². The highest BCUT2D eigenvalue weighted by Crippen LogP contribution is 2.51. The van der Waals surface area contributed by atoms with Gasteiger partial charge in [0, 0.05) is 5.56 Å². The van der Waals surface area contributed by atoms with Crippen LogP contribution in [-0.4, -0.2) is 8.32 Å². The maximum atomic E-state index is 6.65. The number of benzene rings is 2. The quantitative estimate of drug-likeness (QED) is 0.288. The molecule has 0 aliphatic heterocycles. The van der Waals surface area contributed by atoms with E-state index in [-0.39, 0.29) is 0 Å². The molecule has 2 aromatic rings. The number of hydrogen-bond acceptors (Lipinski definition) is 2. The van der Waals surface area contributed by atoms with Crippen LogP contribution in [0.1, 0.15) is 74.6 Å². The van der Waals surface area contributed by atoms with Crippen LogP contribution in [0.3, 0.4) is 0 Å². The number of allylic oxidation sites excluding steroid dienone is 4. The normalized spacial score (nSPS) is 19.2. The Bertz CT molecular complexity index is 994. The van der Waals surface area contributed by atoms with Gasteiger partial charge < -0.3 is 9.16 Å². The number of aryl methyl sites for hydroxylation is 1. The maximum Gasteiger partial charge on any atom is 0.242 e. The van der Waals surface area contributed by atoms with Crippen LogP contribution in [0.2, 0.25) is 19.6 Å². The fraction of sp³-hybridized carbons (Fsp3) is 0.467. The summed E-state index contributed by atoms with van der Waals surface area (Å²) in [4.78, 5) is 0. The van der Waals surface area contributed by atoms with Crippen molar-refractivity contribution in [2.75, 3.05) is 0 Å². The summed E-state index contributed by atoms with van der Waals surface area (Å²) in [7, 11) is -1.80. The van der Waals surface area contributed by atoms with Crippen LogP contribution in [0, 0.1) is 12.8 Å². The van der Waals surface area contributed by atoms with E-state index in [4.69, 9.17) is 9.16 Å². The Morgan fingerprint density at radius 1 is 1.09 bits per heavy atom. The average molecular weight is 463 g/mol. The molecule has 0 saturated heterocycles. The van der Waals surface area contributed by atoms with E-state index in [1.165, 1.54) is 40.7 Å². The number of fused-ring (bicyclic) bond motifs is 1. The molecule has 3 rings (SSSR count). The highest BCUT2D eigenvalue weighted by Gasteiger charge is 2.34. The zero-order valence-electron chi connectivity index (χ0n) is 21.9. The fourth-order valence-corrected chi connectivity index (χ4v) is 5.63. The predicted molar refractivity (Wildman–Crippen MR) is 144 cm³/mol. The molecule has 0 bridgehead atoms. The number of ether oxygens (including phenoxy) is 1. The lowest BCUT2D eigenvalue weighted by atomic mass is 9.71. The minimum Gasteiger partial charge on any atom is -0.542 e. The summed E-state index contributed by atoms with van der Waals surface area (Å²) in [5, 5.41) is 0. The topological polar surface area (TPSA) is 18.5 Å². The molecule has 0 aromatic heterocycles. The van der Waals surface area contributed by atoms with Gasteiger partial charge in [0.05, 0.1) is 0 Å². The molecule has 0 amide bonds. The van der Waals surface area contributed by atoms with Crippen molar-refractivity contribution in [2.45, 2.75) is 85.5 Å². The van der Waals surface area contributed by atoms with Crippen molar-refractivity contribution < 1.29 is 9.16 Å². The van der Waals surface area contributed by atoms with Crippen LogP contribution < -0.4 is 9.16 Å². The number of rotatable bonds is 8. The van der Waals surface area contributed by atoms with Crippen LogP contribution in [-0.2, 0) is 6.61 Å². The lowest BCUT2D eigenvalue weighted by molar-refractivity contribution is 0.285. The van der Waals surface area contributed by atoms with E-state index in [0.29, 0.717) is 24.4 Å². The lowest BCUT2D eigenvalue weighted by Gasteiger charge is -2.36. The van der Waals surface area contributed by atoms with Crippen LogP contribution in [0.15, 0.2) is 60.2 Å². The Hall–Kier alpha value is -2.26. The van der Waals surface area contributed by atoms with Crippen LogP contribution in [0.25, 0.3) is 0 Å². The predicted octanol–water partition coefficient (Wildman–Crippen LogP) is 8.93. The Labute approximate surface area is 202 Å². The Balaban J connectivity index is 2.07. The highest BCUT2D eigenvalue weighted by molar-refractivity contribution is 6.70. The third-order valence-electron chi connectivity index (χ3n) is 6.41. The second-order valence-corrected chi connectivity index (χ2v) is 15.3. The van der Waals surface area contributed by atoms with Crippen LogP contribution in [0.4, 0.5) is 0 Å². The van der Waals surface area contributed by atoms with Crippen molar-refractivity contribution in [3.63, 3.8) is 0 Å². The standard InChI is InChI=1S/C30H42O2Si/c1-21(2)13-12-14-22(3)26-18-17-23(4)28-27(26)19-24(5)29(32-33(6,7)8)30(28)31-20-25-15-10-9-11-16-25/h9-16,19,22-23,26H,17-18,20H2,1-8H3/b14-12+/t22-,23+,26?/m1/s1. The maximum absolute atomic E-state index is 6.65. The number of hydrogen-bond donors (Lipinski definition) is 0. The minimum atomic E-state index is -1.80. The van der Waals surface area contributed by atoms with Gasteiger partial charge in [-0.25, -0.2) is 0 Å². The molecule has 33 heavy (non-hydrogen) atoms. The second-order valence-electron chi connectivity index (χ2n) is 10.9. The molecule has 0 radical (unpaired) electrons. The molecule has 3 heteroatoms. The largest absolute Gasteiger partial charge is 0.542 e. The zero-order chi connectivity index (χ0) is 24.2. The summed E-state index contributed by atoms with van der Waals surface area (Å²) in [5.74, 6) is 3.37. The molecule has 2 aromatic carbocycles. The van der Waals surface area contributed by atoms with Gasteiger partial charge in [-0.05, 0) is 87.7 Å². The van der Waals surface area contributed by atoms with E-state index in [1.54, 1.807) is 0 Å². The Morgan fingerprint density at radius 3 is 2.42 bits per heavy atom. The van der Waals surface area contributed by atoms with Crippen LogP contribution in [0.5, 0.6) is 11.5 Å². The lowest BCUT2D eigenvalue weighted by Crippen LogP contribution is -2.30. The van der Waals surface area contributed by atoms with Gasteiger partial charge in [0.25, 0.3) is 0 Å². The summed E-state index contributed by atoms with van der Waals surface area (Å²) in [6.07, 6.45) is 9.17. The van der Waals surface area contributed by atoms with Gasteiger partial charge in [-0.1, -0.05) is 74.0 Å². The van der Waals surface area contributed by atoms with Crippen molar-refractivity contribution in [1.82, 2.24) is 0 Å². The van der Waals surface area contributed by atoms with E-state index in [0.717, 1.165) is 11.5 Å². The molecule has 0 saturated carbocycles. The molecule has 3 atom stereocenters. The van der Waals surface area contributed by atoms with E-state index in [2.05, 4.69) is 109 Å². The molecule has 1 unspecified atom stereocenters. The summed E-state index contributed by atoms with van der Waals surface area (Å²) in [5.41, 5.74) is 6.52. The zero-order valence-corrected chi connectivity index (χ0v) is 22.9. The second kappa shape index (κ2) is 10.8. The van der Waals surface area contributed by atoms with Gasteiger partial charge in [0.1, 0.15) is 12.4 Å². The summed E-state index contributed by atoms with van der Waals surface area (Å²) >= 11 is 0.